The predicted octanol–water partition coefficient (Wildman–Crippen LogP) is 16.0. The summed E-state index contributed by atoms with van der Waals surface area (Å²) in [5.41, 5.74) is 17.6. The van der Waals surface area contributed by atoms with Crippen LogP contribution in [-0.2, 0) is 0 Å². The van der Waals surface area contributed by atoms with Crippen LogP contribution in [0.25, 0.3) is 116 Å². The molecular formula is C60H39N3. The number of fused-ring (bicyclic) bond motifs is 12. The molecule has 3 heteroatoms. The lowest BCUT2D eigenvalue weighted by molar-refractivity contribution is 1.17. The van der Waals surface area contributed by atoms with Crippen LogP contribution in [0.4, 0.5) is 0 Å². The van der Waals surface area contributed by atoms with Crippen molar-refractivity contribution in [3.05, 3.63) is 237 Å². The Balaban J connectivity index is 1.27. The second-order valence-corrected chi connectivity index (χ2v) is 16.5. The first-order valence-electron chi connectivity index (χ1n) is 21.7. The van der Waals surface area contributed by atoms with Crippen LogP contribution < -0.4 is 0 Å². The molecule has 3 heterocycles. The number of para-hydroxylation sites is 3. The third-order valence-corrected chi connectivity index (χ3v) is 13.0. The fourth-order valence-corrected chi connectivity index (χ4v) is 10.3. The van der Waals surface area contributed by atoms with Gasteiger partial charge in [0.15, 0.2) is 0 Å². The van der Waals surface area contributed by atoms with Crippen molar-refractivity contribution in [2.45, 2.75) is 0 Å². The zero-order valence-corrected chi connectivity index (χ0v) is 34.4. The van der Waals surface area contributed by atoms with E-state index in [4.69, 9.17) is 0 Å². The summed E-state index contributed by atoms with van der Waals surface area (Å²) >= 11 is 0. The Morgan fingerprint density at radius 2 is 0.460 bits per heavy atom. The molecule has 0 fully saturated rings. The van der Waals surface area contributed by atoms with Crippen molar-refractivity contribution in [1.29, 1.82) is 0 Å². The Morgan fingerprint density at radius 1 is 0.206 bits per heavy atom. The highest BCUT2D eigenvalue weighted by molar-refractivity contribution is 6.40. The quantitative estimate of drug-likeness (QED) is 0.159. The Kier molecular flexibility index (Phi) is 7.91. The minimum absolute atomic E-state index is 1.12. The average molecular weight is 802 g/mol. The van der Waals surface area contributed by atoms with Crippen LogP contribution in [0.2, 0.25) is 0 Å². The standard InChI is InChI=1S/C60H39N3/c1-4-19-40(20-5-1)43-25-16-28-46(37-43)61-52-34-13-10-31-49(52)55-58(61)56-50-32-11-14-35-53(50)62(47-29-17-26-44(38-47)41-21-6-2-7-22-41)60(56)57-51-33-12-15-36-54(51)63(59(55)57)48-30-18-27-45(39-48)42-23-8-3-9-24-42/h1-39H. The molecule has 13 rings (SSSR count). The Hall–Kier alpha value is -8.40. The molecule has 13 aromatic rings. The molecule has 0 bridgehead atoms. The number of hydrogen-bond acceptors (Lipinski definition) is 0. The molecule has 0 aliphatic heterocycles. The van der Waals surface area contributed by atoms with Gasteiger partial charge in [0.05, 0.1) is 33.1 Å². The third kappa shape index (κ3) is 5.40. The highest BCUT2D eigenvalue weighted by Crippen LogP contribution is 2.50. The van der Waals surface area contributed by atoms with Crippen LogP contribution >= 0.6 is 0 Å². The highest BCUT2D eigenvalue weighted by atomic mass is 15.0. The monoisotopic (exact) mass is 801 g/mol. The van der Waals surface area contributed by atoms with Crippen LogP contribution in [0.15, 0.2) is 237 Å². The summed E-state index contributed by atoms with van der Waals surface area (Å²) in [7, 11) is 0. The Labute approximate surface area is 364 Å². The van der Waals surface area contributed by atoms with Gasteiger partial charge in [-0.2, -0.15) is 0 Å². The first-order valence-corrected chi connectivity index (χ1v) is 21.7. The number of nitrogens with zero attached hydrogens (tertiary/aromatic N) is 3. The highest BCUT2D eigenvalue weighted by Gasteiger charge is 2.29. The number of hydrogen-bond donors (Lipinski definition) is 0. The smallest absolute Gasteiger partial charge is 0.0663 e. The van der Waals surface area contributed by atoms with E-state index < -0.39 is 0 Å². The number of aromatic nitrogens is 3. The lowest BCUT2D eigenvalue weighted by atomic mass is 10.0. The van der Waals surface area contributed by atoms with E-state index in [1.807, 2.05) is 0 Å². The summed E-state index contributed by atoms with van der Waals surface area (Å²) < 4.78 is 7.62. The van der Waals surface area contributed by atoms with Gasteiger partial charge in [0.1, 0.15) is 0 Å². The molecule has 0 radical (unpaired) electrons. The van der Waals surface area contributed by atoms with E-state index in [1.165, 1.54) is 98.8 Å². The summed E-state index contributed by atoms with van der Waals surface area (Å²) in [6, 6.07) is 86.4. The number of rotatable bonds is 6. The molecule has 0 spiro atoms. The topological polar surface area (TPSA) is 14.8 Å². The van der Waals surface area contributed by atoms with E-state index in [1.54, 1.807) is 0 Å². The molecule has 10 aromatic carbocycles. The molecule has 0 aliphatic carbocycles. The number of benzene rings is 10. The molecule has 63 heavy (non-hydrogen) atoms. The fraction of sp³-hybridized carbons (Fsp3) is 0. The molecule has 294 valence electrons. The van der Waals surface area contributed by atoms with E-state index in [0.717, 1.165) is 17.1 Å². The summed E-state index contributed by atoms with van der Waals surface area (Å²) in [6.07, 6.45) is 0. The van der Waals surface area contributed by atoms with Crippen molar-refractivity contribution in [2.24, 2.45) is 0 Å². The van der Waals surface area contributed by atoms with Gasteiger partial charge >= 0.3 is 0 Å². The van der Waals surface area contributed by atoms with Gasteiger partial charge in [-0.25, -0.2) is 0 Å². The second kappa shape index (κ2) is 14.1. The first kappa shape index (κ1) is 35.4. The normalized spacial score (nSPS) is 11.8. The molecular weight excluding hydrogens is 763 g/mol. The van der Waals surface area contributed by atoms with Crippen molar-refractivity contribution < 1.29 is 0 Å². The molecule has 0 saturated heterocycles. The lowest BCUT2D eigenvalue weighted by Gasteiger charge is -2.15. The van der Waals surface area contributed by atoms with Crippen molar-refractivity contribution in [3.63, 3.8) is 0 Å². The zero-order valence-electron chi connectivity index (χ0n) is 34.4. The Bertz CT molecular complexity index is 3450. The van der Waals surface area contributed by atoms with E-state index in [0.29, 0.717) is 0 Å². The third-order valence-electron chi connectivity index (χ3n) is 13.0. The van der Waals surface area contributed by atoms with Crippen LogP contribution in [0.3, 0.4) is 0 Å². The molecule has 0 saturated carbocycles. The van der Waals surface area contributed by atoms with Gasteiger partial charge in [0.2, 0.25) is 0 Å². The minimum Gasteiger partial charge on any atom is -0.308 e. The molecule has 3 aromatic heterocycles. The van der Waals surface area contributed by atoms with Crippen LogP contribution in [-0.4, -0.2) is 13.7 Å². The van der Waals surface area contributed by atoms with E-state index in [-0.39, 0.29) is 0 Å². The summed E-state index contributed by atoms with van der Waals surface area (Å²) in [6.45, 7) is 0. The zero-order chi connectivity index (χ0) is 41.4. The maximum Gasteiger partial charge on any atom is 0.0663 e. The summed E-state index contributed by atoms with van der Waals surface area (Å²) in [5, 5.41) is 7.36. The van der Waals surface area contributed by atoms with Crippen molar-refractivity contribution in [2.75, 3.05) is 0 Å². The van der Waals surface area contributed by atoms with Crippen LogP contribution in [0, 0.1) is 0 Å². The largest absolute Gasteiger partial charge is 0.308 e. The Morgan fingerprint density at radius 3 is 0.762 bits per heavy atom. The van der Waals surface area contributed by atoms with E-state index >= 15 is 0 Å². The van der Waals surface area contributed by atoms with E-state index in [9.17, 15) is 0 Å². The van der Waals surface area contributed by atoms with Gasteiger partial charge < -0.3 is 13.7 Å². The van der Waals surface area contributed by atoms with Crippen LogP contribution in [0.1, 0.15) is 0 Å². The maximum absolute atomic E-state index is 2.54. The second-order valence-electron chi connectivity index (χ2n) is 16.5. The van der Waals surface area contributed by atoms with Gasteiger partial charge in [-0.1, -0.05) is 182 Å². The molecule has 0 amide bonds. The van der Waals surface area contributed by atoms with Crippen molar-refractivity contribution in [3.8, 4) is 50.4 Å². The van der Waals surface area contributed by atoms with Gasteiger partial charge in [0, 0.05) is 49.4 Å². The fourth-order valence-electron chi connectivity index (χ4n) is 10.3. The SMILES string of the molecule is c1ccc(-c2cccc(-n3c4ccccc4c4c3c3c5ccccc5n(-c5cccc(-c6ccccc6)c5)c3c3c5ccccc5n(-c5cccc(-c6ccccc6)c5)c43)c2)cc1. The molecule has 0 atom stereocenters. The molecule has 0 N–H and O–H groups in total. The average Bonchev–Trinajstić information content (AvgIpc) is 4.01. The van der Waals surface area contributed by atoms with Gasteiger partial charge in [-0.05, 0) is 88.0 Å². The van der Waals surface area contributed by atoms with Crippen molar-refractivity contribution >= 4 is 65.4 Å². The van der Waals surface area contributed by atoms with Gasteiger partial charge in [-0.3, -0.25) is 0 Å². The van der Waals surface area contributed by atoms with E-state index in [2.05, 4.69) is 250 Å². The van der Waals surface area contributed by atoms with Gasteiger partial charge in [0.25, 0.3) is 0 Å². The molecule has 0 aliphatic rings. The predicted molar refractivity (Wildman–Crippen MR) is 266 cm³/mol. The molecule has 3 nitrogen and oxygen atoms in total. The van der Waals surface area contributed by atoms with Crippen LogP contribution in [0.5, 0.6) is 0 Å². The summed E-state index contributed by atoms with van der Waals surface area (Å²) in [4.78, 5) is 0. The maximum atomic E-state index is 2.54. The summed E-state index contributed by atoms with van der Waals surface area (Å²) in [5.74, 6) is 0. The lowest BCUT2D eigenvalue weighted by Crippen LogP contribution is -1.98. The molecule has 0 unspecified atom stereocenters. The minimum atomic E-state index is 1.12. The first-order chi connectivity index (χ1) is 31.3. The van der Waals surface area contributed by atoms with Gasteiger partial charge in [-0.15, -0.1) is 0 Å². The van der Waals surface area contributed by atoms with Crippen molar-refractivity contribution in [1.82, 2.24) is 13.7 Å².